The largest absolute Gasteiger partial charge is 0.450 e. The van der Waals surface area contributed by atoms with Crippen molar-refractivity contribution in [3.8, 4) is 0 Å². The van der Waals surface area contributed by atoms with Gasteiger partial charge in [0.25, 0.3) is 5.91 Å². The van der Waals surface area contributed by atoms with Gasteiger partial charge >= 0.3 is 0 Å². The van der Waals surface area contributed by atoms with Gasteiger partial charge in [-0.3, -0.25) is 4.79 Å². The highest BCUT2D eigenvalue weighted by Gasteiger charge is 2.42. The number of nitrogens with one attached hydrogen (secondary N) is 2. The van der Waals surface area contributed by atoms with E-state index in [0.717, 1.165) is 86.2 Å². The minimum absolute atomic E-state index is 0.0461. The van der Waals surface area contributed by atoms with Crippen molar-refractivity contribution < 1.29 is 9.21 Å². The summed E-state index contributed by atoms with van der Waals surface area (Å²) < 4.78 is 8.45. The van der Waals surface area contributed by atoms with E-state index in [9.17, 15) is 4.79 Å². The van der Waals surface area contributed by atoms with Gasteiger partial charge in [0.1, 0.15) is 5.58 Å². The molecule has 1 saturated carbocycles. The normalized spacial score (nSPS) is 21.9. The fourth-order valence-electron chi connectivity index (χ4n) is 6.14. The third-order valence-corrected chi connectivity index (χ3v) is 7.95. The van der Waals surface area contributed by atoms with Crippen LogP contribution in [-0.4, -0.2) is 33.4 Å². The standard InChI is InChI=1S/C26H30ClN5O2/c1-17-29-23-20(27)12-19-13-21(34-24(19)22(23)26(30-17)7-3-2-4-8-26)25(33)32-10-5-6-18(15-32)14-31-11-9-28-16-31/h9,11-13,16,18,29-30H,1-8,10,14-15H2. The first-order chi connectivity index (χ1) is 16.5. The maximum atomic E-state index is 13.5. The lowest BCUT2D eigenvalue weighted by molar-refractivity contribution is 0.0632. The summed E-state index contributed by atoms with van der Waals surface area (Å²) in [6.45, 7) is 6.48. The molecule has 2 fully saturated rings. The second kappa shape index (κ2) is 8.38. The molecule has 1 spiro atoms. The van der Waals surface area contributed by atoms with E-state index in [1.807, 2.05) is 29.6 Å². The lowest BCUT2D eigenvalue weighted by Crippen LogP contribution is -2.48. The van der Waals surface area contributed by atoms with E-state index in [-0.39, 0.29) is 11.4 Å². The van der Waals surface area contributed by atoms with E-state index in [4.69, 9.17) is 16.0 Å². The Hall–Kier alpha value is -2.93. The predicted octanol–water partition coefficient (Wildman–Crippen LogP) is 5.48. The number of hydrogen-bond donors (Lipinski definition) is 2. The summed E-state index contributed by atoms with van der Waals surface area (Å²) in [6, 6.07) is 3.76. The van der Waals surface area contributed by atoms with Crippen molar-refractivity contribution in [3.63, 3.8) is 0 Å². The van der Waals surface area contributed by atoms with Gasteiger partial charge in [-0.05, 0) is 43.7 Å². The highest BCUT2D eigenvalue weighted by Crippen LogP contribution is 2.49. The topological polar surface area (TPSA) is 75.3 Å². The van der Waals surface area contributed by atoms with Crippen molar-refractivity contribution >= 4 is 34.2 Å². The fraction of sp³-hybridized carbons (Fsp3) is 0.462. The lowest BCUT2D eigenvalue weighted by atomic mass is 9.74. The van der Waals surface area contributed by atoms with Crippen LogP contribution in [0.4, 0.5) is 5.69 Å². The molecule has 2 N–H and O–H groups in total. The van der Waals surface area contributed by atoms with Crippen molar-refractivity contribution in [1.82, 2.24) is 19.8 Å². The number of amides is 1. The Morgan fingerprint density at radius 3 is 2.91 bits per heavy atom. The molecule has 1 aliphatic carbocycles. The van der Waals surface area contributed by atoms with Crippen LogP contribution < -0.4 is 10.6 Å². The minimum atomic E-state index is -0.266. The molecule has 4 heterocycles. The van der Waals surface area contributed by atoms with E-state index in [0.29, 0.717) is 16.7 Å². The van der Waals surface area contributed by atoms with E-state index in [1.54, 1.807) is 6.20 Å². The van der Waals surface area contributed by atoms with Crippen molar-refractivity contribution in [3.05, 3.63) is 59.6 Å². The number of likely N-dealkylation sites (tertiary alicyclic amines) is 1. The van der Waals surface area contributed by atoms with Crippen LogP contribution in [0.2, 0.25) is 5.02 Å². The number of imidazole rings is 1. The molecule has 1 aromatic carbocycles. The van der Waals surface area contributed by atoms with Crippen LogP contribution in [0.25, 0.3) is 11.0 Å². The molecule has 0 radical (unpaired) electrons. The van der Waals surface area contributed by atoms with Gasteiger partial charge < -0.3 is 24.5 Å². The molecule has 8 heteroatoms. The summed E-state index contributed by atoms with van der Waals surface area (Å²) in [7, 11) is 0. The highest BCUT2D eigenvalue weighted by atomic mass is 35.5. The van der Waals surface area contributed by atoms with Crippen molar-refractivity contribution in [2.24, 2.45) is 5.92 Å². The Labute approximate surface area is 204 Å². The molecule has 1 atom stereocenters. The average molecular weight is 480 g/mol. The average Bonchev–Trinajstić information content (AvgIpc) is 3.49. The molecule has 3 aromatic rings. The number of carbonyl (C=O) groups is 1. The number of fused-ring (bicyclic) bond motifs is 4. The zero-order valence-corrected chi connectivity index (χ0v) is 20.0. The zero-order valence-electron chi connectivity index (χ0n) is 19.3. The molecular weight excluding hydrogens is 450 g/mol. The number of halogens is 1. The fourth-order valence-corrected chi connectivity index (χ4v) is 6.40. The molecule has 1 amide bonds. The van der Waals surface area contributed by atoms with E-state index >= 15 is 0 Å². The van der Waals surface area contributed by atoms with Crippen LogP contribution in [0, 0.1) is 5.92 Å². The Morgan fingerprint density at radius 2 is 2.12 bits per heavy atom. The Kier molecular flexibility index (Phi) is 5.32. The molecule has 6 rings (SSSR count). The van der Waals surface area contributed by atoms with Crippen LogP contribution in [0.3, 0.4) is 0 Å². The first kappa shape index (κ1) is 21.6. The Bertz CT molecular complexity index is 1240. The summed E-state index contributed by atoms with van der Waals surface area (Å²) >= 11 is 6.74. The number of rotatable bonds is 3. The molecule has 0 bridgehead atoms. The second-order valence-electron chi connectivity index (χ2n) is 10.0. The van der Waals surface area contributed by atoms with Gasteiger partial charge in [0.15, 0.2) is 5.76 Å². The predicted molar refractivity (Wildman–Crippen MR) is 133 cm³/mol. The second-order valence-corrected chi connectivity index (χ2v) is 10.4. The summed E-state index contributed by atoms with van der Waals surface area (Å²) in [5.41, 5.74) is 2.38. The minimum Gasteiger partial charge on any atom is -0.450 e. The number of hydrogen-bond acceptors (Lipinski definition) is 5. The zero-order chi connectivity index (χ0) is 23.3. The molecule has 178 valence electrons. The van der Waals surface area contributed by atoms with Gasteiger partial charge in [-0.25, -0.2) is 4.98 Å². The first-order valence-corrected chi connectivity index (χ1v) is 12.7. The van der Waals surface area contributed by atoms with Crippen molar-refractivity contribution in [2.45, 2.75) is 57.0 Å². The number of piperidine rings is 1. The van der Waals surface area contributed by atoms with E-state index in [2.05, 4.69) is 26.8 Å². The summed E-state index contributed by atoms with van der Waals surface area (Å²) in [5, 5.41) is 8.44. The molecule has 2 aliphatic heterocycles. The molecule has 2 aromatic heterocycles. The third kappa shape index (κ3) is 3.66. The molecule has 1 unspecified atom stereocenters. The Balaban J connectivity index is 1.34. The number of carbonyl (C=O) groups excluding carboxylic acids is 1. The van der Waals surface area contributed by atoms with Gasteiger partial charge in [0.2, 0.25) is 0 Å². The van der Waals surface area contributed by atoms with Gasteiger partial charge in [-0.15, -0.1) is 0 Å². The van der Waals surface area contributed by atoms with Crippen LogP contribution in [-0.2, 0) is 12.1 Å². The van der Waals surface area contributed by atoms with Gasteiger partial charge in [0.05, 0.1) is 28.4 Å². The number of aromatic nitrogens is 2. The number of benzene rings is 1. The van der Waals surface area contributed by atoms with Crippen LogP contribution in [0.1, 0.15) is 61.1 Å². The SMILES string of the molecule is C=C1Nc2c(Cl)cc3cc(C(=O)N4CCCC(Cn5ccnc5)C4)oc3c2C2(CCCCC2)N1. The first-order valence-electron chi connectivity index (χ1n) is 12.3. The summed E-state index contributed by atoms with van der Waals surface area (Å²) in [6.07, 6.45) is 13.2. The molecule has 34 heavy (non-hydrogen) atoms. The maximum absolute atomic E-state index is 13.5. The molecule has 3 aliphatic rings. The van der Waals surface area contributed by atoms with Gasteiger partial charge in [0, 0.05) is 43.0 Å². The Morgan fingerprint density at radius 1 is 1.26 bits per heavy atom. The van der Waals surface area contributed by atoms with Gasteiger partial charge in [-0.2, -0.15) is 0 Å². The monoisotopic (exact) mass is 479 g/mol. The molecule has 7 nitrogen and oxygen atoms in total. The molecule has 1 saturated heterocycles. The highest BCUT2D eigenvalue weighted by molar-refractivity contribution is 6.34. The summed E-state index contributed by atoms with van der Waals surface area (Å²) in [5.74, 6) is 1.51. The number of nitrogens with zero attached hydrogens (tertiary/aromatic N) is 3. The lowest BCUT2D eigenvalue weighted by Gasteiger charge is -2.44. The molecular formula is C26H30ClN5O2. The number of anilines is 1. The quantitative estimate of drug-likeness (QED) is 0.520. The van der Waals surface area contributed by atoms with E-state index < -0.39 is 0 Å². The maximum Gasteiger partial charge on any atom is 0.289 e. The van der Waals surface area contributed by atoms with E-state index in [1.165, 1.54) is 6.42 Å². The van der Waals surface area contributed by atoms with Crippen LogP contribution in [0.5, 0.6) is 0 Å². The summed E-state index contributed by atoms with van der Waals surface area (Å²) in [4.78, 5) is 19.6. The number of furan rings is 1. The van der Waals surface area contributed by atoms with Crippen molar-refractivity contribution in [2.75, 3.05) is 18.4 Å². The van der Waals surface area contributed by atoms with Gasteiger partial charge in [-0.1, -0.05) is 37.4 Å². The van der Waals surface area contributed by atoms with Crippen molar-refractivity contribution in [1.29, 1.82) is 0 Å². The third-order valence-electron chi connectivity index (χ3n) is 7.66. The van der Waals surface area contributed by atoms with Crippen LogP contribution >= 0.6 is 11.6 Å². The van der Waals surface area contributed by atoms with Crippen LogP contribution in [0.15, 0.2) is 47.7 Å². The smallest absolute Gasteiger partial charge is 0.289 e.